The summed E-state index contributed by atoms with van der Waals surface area (Å²) in [6.45, 7) is 3.14. The monoisotopic (exact) mass is 558 g/mol. The summed E-state index contributed by atoms with van der Waals surface area (Å²) in [6, 6.07) is 13.7. The van der Waals surface area contributed by atoms with E-state index in [1.54, 1.807) is 17.0 Å². The Balaban J connectivity index is 1.56. The van der Waals surface area contributed by atoms with Crippen LogP contribution in [0.2, 0.25) is 5.02 Å². The number of hydrogen-bond donors (Lipinski definition) is 0. The molecule has 4 rings (SSSR count). The molecule has 1 aromatic heterocycles. The van der Waals surface area contributed by atoms with E-state index >= 15 is 0 Å². The maximum atomic E-state index is 13.6. The van der Waals surface area contributed by atoms with Gasteiger partial charge in [-0.05, 0) is 67.2 Å². The molecule has 1 aliphatic heterocycles. The molecule has 0 spiro atoms. The van der Waals surface area contributed by atoms with Gasteiger partial charge in [0.2, 0.25) is 5.91 Å². The van der Waals surface area contributed by atoms with Crippen LogP contribution in [0.15, 0.2) is 60.0 Å². The number of nitro groups is 1. The molecule has 2 heterocycles. The van der Waals surface area contributed by atoms with Crippen molar-refractivity contribution in [3.05, 3.63) is 96.9 Å². The zero-order valence-corrected chi connectivity index (χ0v) is 22.3. The maximum Gasteiger partial charge on any atom is 0.288 e. The first-order valence-electron chi connectivity index (χ1n) is 12.3. The Hall–Kier alpha value is -3.34. The normalized spacial score (nSPS) is 13.4. The SMILES string of the molecule is O=C(CN(CCN1CCCC1)C(=O)c1ccc(Cl)c([N+](=O)[O-])c1)N(Cc1ccc(F)cc1)Cc1cccs1. The molecule has 0 unspecified atom stereocenters. The quantitative estimate of drug-likeness (QED) is 0.238. The Morgan fingerprint density at radius 3 is 2.45 bits per heavy atom. The van der Waals surface area contributed by atoms with Crippen molar-refractivity contribution < 1.29 is 18.9 Å². The molecule has 3 aromatic rings. The van der Waals surface area contributed by atoms with Gasteiger partial charge in [0.05, 0.1) is 11.5 Å². The molecule has 0 bridgehead atoms. The minimum atomic E-state index is -0.635. The van der Waals surface area contributed by atoms with Crippen molar-refractivity contribution in [1.82, 2.24) is 14.7 Å². The van der Waals surface area contributed by atoms with Crippen LogP contribution in [0.5, 0.6) is 0 Å². The summed E-state index contributed by atoms with van der Waals surface area (Å²) in [5, 5.41) is 13.2. The average molecular weight is 559 g/mol. The highest BCUT2D eigenvalue weighted by atomic mass is 35.5. The van der Waals surface area contributed by atoms with E-state index in [9.17, 15) is 24.1 Å². The summed E-state index contributed by atoms with van der Waals surface area (Å²) in [4.78, 5) is 44.2. The van der Waals surface area contributed by atoms with Crippen molar-refractivity contribution in [3.63, 3.8) is 0 Å². The fourth-order valence-corrected chi connectivity index (χ4v) is 5.29. The zero-order valence-electron chi connectivity index (χ0n) is 20.7. The molecule has 0 radical (unpaired) electrons. The lowest BCUT2D eigenvalue weighted by atomic mass is 10.1. The number of carbonyl (C=O) groups is 2. The Labute approximate surface area is 229 Å². The van der Waals surface area contributed by atoms with Crippen LogP contribution in [-0.4, -0.2) is 64.2 Å². The standard InChI is InChI=1S/C27H28ClFN4O4S/c28-24-10-7-21(16-25(24)33(36)37)27(35)31(14-13-30-11-1-2-12-30)19-26(34)32(18-23-4-3-15-38-23)17-20-5-8-22(29)9-6-20/h3-10,15-16H,1-2,11-14,17-19H2. The third-order valence-corrected chi connectivity index (χ3v) is 7.63. The van der Waals surface area contributed by atoms with Crippen LogP contribution in [-0.2, 0) is 17.9 Å². The predicted octanol–water partition coefficient (Wildman–Crippen LogP) is 5.22. The summed E-state index contributed by atoms with van der Waals surface area (Å²) in [6.07, 6.45) is 2.17. The van der Waals surface area contributed by atoms with Gasteiger partial charge in [0.25, 0.3) is 11.6 Å². The summed E-state index contributed by atoms with van der Waals surface area (Å²) in [5.74, 6) is -1.11. The zero-order chi connectivity index (χ0) is 27.1. The van der Waals surface area contributed by atoms with Gasteiger partial charge >= 0.3 is 0 Å². The number of rotatable bonds is 11. The lowest BCUT2D eigenvalue weighted by Gasteiger charge is -2.29. The van der Waals surface area contributed by atoms with Crippen LogP contribution >= 0.6 is 22.9 Å². The molecule has 11 heteroatoms. The van der Waals surface area contributed by atoms with Crippen LogP contribution in [0.3, 0.4) is 0 Å². The molecule has 1 saturated heterocycles. The predicted molar refractivity (Wildman–Crippen MR) is 145 cm³/mol. The lowest BCUT2D eigenvalue weighted by molar-refractivity contribution is -0.384. The van der Waals surface area contributed by atoms with Gasteiger partial charge < -0.3 is 14.7 Å². The third kappa shape index (κ3) is 7.37. The topological polar surface area (TPSA) is 87.0 Å². The molecule has 0 atom stereocenters. The summed E-state index contributed by atoms with van der Waals surface area (Å²) >= 11 is 7.47. The van der Waals surface area contributed by atoms with Crippen LogP contribution in [0.4, 0.5) is 10.1 Å². The minimum Gasteiger partial charge on any atom is -0.332 e. The molecule has 8 nitrogen and oxygen atoms in total. The number of thiophene rings is 1. The van der Waals surface area contributed by atoms with Crippen LogP contribution in [0.25, 0.3) is 0 Å². The molecule has 2 amide bonds. The Bertz CT molecular complexity index is 1270. The number of carbonyl (C=O) groups excluding carboxylic acids is 2. The van der Waals surface area contributed by atoms with E-state index in [0.29, 0.717) is 19.6 Å². The molecular weight excluding hydrogens is 531 g/mol. The van der Waals surface area contributed by atoms with E-state index in [4.69, 9.17) is 11.6 Å². The molecule has 200 valence electrons. The smallest absolute Gasteiger partial charge is 0.288 e. The second-order valence-electron chi connectivity index (χ2n) is 9.15. The number of likely N-dealkylation sites (tertiary alicyclic amines) is 1. The van der Waals surface area contributed by atoms with Crippen molar-refractivity contribution in [2.24, 2.45) is 0 Å². The van der Waals surface area contributed by atoms with Crippen molar-refractivity contribution in [1.29, 1.82) is 0 Å². The first-order chi connectivity index (χ1) is 18.3. The highest BCUT2D eigenvalue weighted by Gasteiger charge is 2.26. The second kappa shape index (κ2) is 12.9. The molecule has 0 saturated carbocycles. The number of halogens is 2. The van der Waals surface area contributed by atoms with Gasteiger partial charge in [0, 0.05) is 36.1 Å². The lowest BCUT2D eigenvalue weighted by Crippen LogP contribution is -2.45. The van der Waals surface area contributed by atoms with Crippen LogP contribution in [0.1, 0.15) is 33.6 Å². The Kier molecular flexibility index (Phi) is 9.43. The highest BCUT2D eigenvalue weighted by molar-refractivity contribution is 7.09. The second-order valence-corrected chi connectivity index (χ2v) is 10.6. The van der Waals surface area contributed by atoms with E-state index in [-0.39, 0.29) is 41.1 Å². The van der Waals surface area contributed by atoms with E-state index < -0.39 is 10.8 Å². The van der Waals surface area contributed by atoms with Gasteiger partial charge in [-0.25, -0.2) is 4.39 Å². The first kappa shape index (κ1) is 27.7. The van der Waals surface area contributed by atoms with Crippen LogP contribution in [0, 0.1) is 15.9 Å². The van der Waals surface area contributed by atoms with Gasteiger partial charge in [-0.2, -0.15) is 0 Å². The number of nitro benzene ring substituents is 1. The third-order valence-electron chi connectivity index (χ3n) is 6.45. The minimum absolute atomic E-state index is 0.0623. The first-order valence-corrected chi connectivity index (χ1v) is 13.6. The molecule has 0 N–H and O–H groups in total. The summed E-state index contributed by atoms with van der Waals surface area (Å²) in [5.41, 5.74) is 0.497. The van der Waals surface area contributed by atoms with Gasteiger partial charge in [-0.15, -0.1) is 11.3 Å². The van der Waals surface area contributed by atoms with Crippen molar-refractivity contribution in [2.45, 2.75) is 25.9 Å². The molecule has 38 heavy (non-hydrogen) atoms. The van der Waals surface area contributed by atoms with E-state index in [0.717, 1.165) is 42.4 Å². The molecular formula is C27H28ClFN4O4S. The molecule has 0 aliphatic carbocycles. The van der Waals surface area contributed by atoms with Crippen LogP contribution < -0.4 is 0 Å². The van der Waals surface area contributed by atoms with Gasteiger partial charge in [0.15, 0.2) is 0 Å². The molecule has 2 aromatic carbocycles. The maximum absolute atomic E-state index is 13.6. The van der Waals surface area contributed by atoms with E-state index in [2.05, 4.69) is 4.90 Å². The van der Waals surface area contributed by atoms with Gasteiger partial charge in [0.1, 0.15) is 17.4 Å². The Morgan fingerprint density at radius 1 is 1.05 bits per heavy atom. The highest BCUT2D eigenvalue weighted by Crippen LogP contribution is 2.26. The van der Waals surface area contributed by atoms with E-state index in [1.807, 2.05) is 17.5 Å². The number of benzene rings is 2. The number of nitrogens with zero attached hydrogens (tertiary/aromatic N) is 4. The molecule has 1 aliphatic rings. The Morgan fingerprint density at radius 2 is 1.79 bits per heavy atom. The number of amides is 2. The van der Waals surface area contributed by atoms with Gasteiger partial charge in [-0.1, -0.05) is 29.8 Å². The number of hydrogen-bond acceptors (Lipinski definition) is 6. The van der Waals surface area contributed by atoms with Crippen molar-refractivity contribution in [2.75, 3.05) is 32.7 Å². The van der Waals surface area contributed by atoms with E-state index in [1.165, 1.54) is 40.5 Å². The average Bonchev–Trinajstić information content (AvgIpc) is 3.61. The summed E-state index contributed by atoms with van der Waals surface area (Å²) in [7, 11) is 0. The molecule has 1 fully saturated rings. The largest absolute Gasteiger partial charge is 0.332 e. The summed E-state index contributed by atoms with van der Waals surface area (Å²) < 4.78 is 13.4. The van der Waals surface area contributed by atoms with Crippen molar-refractivity contribution in [3.8, 4) is 0 Å². The van der Waals surface area contributed by atoms with Crippen molar-refractivity contribution >= 4 is 40.4 Å². The fourth-order valence-electron chi connectivity index (χ4n) is 4.39. The fraction of sp³-hybridized carbons (Fsp3) is 0.333. The van der Waals surface area contributed by atoms with Gasteiger partial charge in [-0.3, -0.25) is 19.7 Å².